The zero-order valence-electron chi connectivity index (χ0n) is 13.5. The summed E-state index contributed by atoms with van der Waals surface area (Å²) in [6.07, 6.45) is 1.43. The zero-order valence-corrected chi connectivity index (χ0v) is 14.3. The predicted octanol–water partition coefficient (Wildman–Crippen LogP) is 1.79. The first kappa shape index (κ1) is 19.3. The van der Waals surface area contributed by atoms with Gasteiger partial charge in [0.2, 0.25) is 5.91 Å². The molecule has 23 heavy (non-hydrogen) atoms. The number of hydrogen-bond donors (Lipinski definition) is 2. The van der Waals surface area contributed by atoms with E-state index in [1.165, 1.54) is 0 Å². The largest absolute Gasteiger partial charge is 0.484 e. The fourth-order valence-electron chi connectivity index (χ4n) is 2.09. The molecule has 1 aromatic rings. The summed E-state index contributed by atoms with van der Waals surface area (Å²) in [4.78, 5) is 25.5. The van der Waals surface area contributed by atoms with Crippen LogP contribution in [0.15, 0.2) is 24.3 Å². The Kier molecular flexibility index (Phi) is 6.84. The lowest BCUT2D eigenvalue weighted by atomic mass is 10.2. The van der Waals surface area contributed by atoms with Crippen LogP contribution in [0.3, 0.4) is 0 Å². The highest BCUT2D eigenvalue weighted by Gasteiger charge is 2.45. The molecule has 6 nitrogen and oxygen atoms in total. The van der Waals surface area contributed by atoms with Crippen molar-refractivity contribution in [3.63, 3.8) is 0 Å². The van der Waals surface area contributed by atoms with Crippen LogP contribution in [0.2, 0.25) is 0 Å². The molecule has 0 spiro atoms. The summed E-state index contributed by atoms with van der Waals surface area (Å²) in [5.41, 5.74) is 5.75. The third-order valence-corrected chi connectivity index (χ3v) is 3.81. The lowest BCUT2D eigenvalue weighted by Gasteiger charge is -2.18. The van der Waals surface area contributed by atoms with Gasteiger partial charge in [0, 0.05) is 24.8 Å². The highest BCUT2D eigenvalue weighted by atomic mass is 35.5. The van der Waals surface area contributed by atoms with E-state index in [0.717, 1.165) is 0 Å². The minimum Gasteiger partial charge on any atom is -0.484 e. The van der Waals surface area contributed by atoms with Crippen molar-refractivity contribution in [1.29, 1.82) is 0 Å². The van der Waals surface area contributed by atoms with Crippen LogP contribution in [0.1, 0.15) is 26.7 Å². The SMILES string of the molecule is CCN(CC)C(=O)COc1cccc(NC(=O)C2(N)CC2)c1.Cl. The minimum absolute atomic E-state index is 0. The Bertz CT molecular complexity index is 557. The van der Waals surface area contributed by atoms with E-state index in [0.29, 0.717) is 37.4 Å². The highest BCUT2D eigenvalue weighted by Crippen LogP contribution is 2.33. The van der Waals surface area contributed by atoms with Crippen LogP contribution in [0, 0.1) is 0 Å². The number of ether oxygens (including phenoxy) is 1. The topological polar surface area (TPSA) is 84.7 Å². The molecule has 0 heterocycles. The van der Waals surface area contributed by atoms with Gasteiger partial charge in [-0.2, -0.15) is 0 Å². The summed E-state index contributed by atoms with van der Waals surface area (Å²) in [5, 5.41) is 2.78. The number of halogens is 1. The first-order valence-corrected chi connectivity index (χ1v) is 7.59. The molecular formula is C16H24ClN3O3. The molecule has 128 valence electrons. The van der Waals surface area contributed by atoms with E-state index >= 15 is 0 Å². The summed E-state index contributed by atoms with van der Waals surface area (Å²) in [6, 6.07) is 6.98. The monoisotopic (exact) mass is 341 g/mol. The second-order valence-corrected chi connectivity index (χ2v) is 5.49. The summed E-state index contributed by atoms with van der Waals surface area (Å²) in [6.45, 7) is 5.16. The van der Waals surface area contributed by atoms with Crippen molar-refractivity contribution in [1.82, 2.24) is 4.90 Å². The number of nitrogens with zero attached hydrogens (tertiary/aromatic N) is 1. The molecule has 1 aliphatic carbocycles. The molecule has 0 unspecified atom stereocenters. The Morgan fingerprint density at radius 2 is 1.96 bits per heavy atom. The quantitative estimate of drug-likeness (QED) is 0.791. The van der Waals surface area contributed by atoms with Gasteiger partial charge in [-0.15, -0.1) is 12.4 Å². The van der Waals surface area contributed by atoms with Crippen molar-refractivity contribution in [2.45, 2.75) is 32.2 Å². The van der Waals surface area contributed by atoms with Crippen LogP contribution in [-0.2, 0) is 9.59 Å². The number of anilines is 1. The molecule has 0 bridgehead atoms. The van der Waals surface area contributed by atoms with Crippen molar-refractivity contribution in [2.24, 2.45) is 5.73 Å². The van der Waals surface area contributed by atoms with Crippen LogP contribution in [0.5, 0.6) is 5.75 Å². The molecule has 2 rings (SSSR count). The lowest BCUT2D eigenvalue weighted by Crippen LogP contribution is -2.37. The molecule has 0 saturated heterocycles. The van der Waals surface area contributed by atoms with E-state index in [9.17, 15) is 9.59 Å². The maximum absolute atomic E-state index is 11.9. The molecular weight excluding hydrogens is 318 g/mol. The normalized spacial score (nSPS) is 14.4. The molecule has 0 atom stereocenters. The molecule has 2 amide bonds. The minimum atomic E-state index is -0.713. The second-order valence-electron chi connectivity index (χ2n) is 5.49. The molecule has 0 aromatic heterocycles. The predicted molar refractivity (Wildman–Crippen MR) is 91.9 cm³/mol. The number of nitrogens with two attached hydrogens (primary N) is 1. The highest BCUT2D eigenvalue weighted by molar-refractivity contribution is 6.00. The van der Waals surface area contributed by atoms with Crippen LogP contribution >= 0.6 is 12.4 Å². The van der Waals surface area contributed by atoms with Crippen molar-refractivity contribution >= 4 is 29.9 Å². The average molecular weight is 342 g/mol. The number of amides is 2. The number of benzene rings is 1. The van der Waals surface area contributed by atoms with E-state index in [-0.39, 0.29) is 30.8 Å². The van der Waals surface area contributed by atoms with E-state index in [1.807, 2.05) is 13.8 Å². The fourth-order valence-corrected chi connectivity index (χ4v) is 2.09. The molecule has 0 aliphatic heterocycles. The van der Waals surface area contributed by atoms with Gasteiger partial charge in [-0.3, -0.25) is 9.59 Å². The third kappa shape index (κ3) is 5.11. The maximum atomic E-state index is 11.9. The van der Waals surface area contributed by atoms with Crippen LogP contribution < -0.4 is 15.8 Å². The van der Waals surface area contributed by atoms with Gasteiger partial charge in [-0.25, -0.2) is 0 Å². The molecule has 1 fully saturated rings. The Labute approximate surface area is 142 Å². The van der Waals surface area contributed by atoms with Gasteiger partial charge in [0.05, 0.1) is 5.54 Å². The Morgan fingerprint density at radius 1 is 1.30 bits per heavy atom. The summed E-state index contributed by atoms with van der Waals surface area (Å²) in [7, 11) is 0. The Hall–Kier alpha value is -1.79. The lowest BCUT2D eigenvalue weighted by molar-refractivity contribution is -0.133. The fraction of sp³-hybridized carbons (Fsp3) is 0.500. The number of rotatable bonds is 7. The molecule has 0 radical (unpaired) electrons. The van der Waals surface area contributed by atoms with Crippen molar-refractivity contribution in [3.8, 4) is 5.75 Å². The van der Waals surface area contributed by atoms with E-state index < -0.39 is 5.54 Å². The first-order valence-electron chi connectivity index (χ1n) is 7.59. The van der Waals surface area contributed by atoms with Crippen LogP contribution in [0.25, 0.3) is 0 Å². The van der Waals surface area contributed by atoms with E-state index in [2.05, 4.69) is 5.32 Å². The average Bonchev–Trinajstić information content (AvgIpc) is 3.26. The number of nitrogens with one attached hydrogen (secondary N) is 1. The number of hydrogen-bond acceptors (Lipinski definition) is 4. The standard InChI is InChI=1S/C16H23N3O3.ClH/c1-3-19(4-2)14(20)11-22-13-7-5-6-12(10-13)18-15(21)16(17)8-9-16;/h5-7,10H,3-4,8-9,11,17H2,1-2H3,(H,18,21);1H. The van der Waals surface area contributed by atoms with Gasteiger partial charge in [0.15, 0.2) is 6.61 Å². The van der Waals surface area contributed by atoms with Gasteiger partial charge in [0.1, 0.15) is 5.75 Å². The Balaban J connectivity index is 0.00000264. The molecule has 3 N–H and O–H groups in total. The van der Waals surface area contributed by atoms with Gasteiger partial charge in [-0.05, 0) is 38.8 Å². The van der Waals surface area contributed by atoms with Crippen LogP contribution in [-0.4, -0.2) is 41.9 Å². The number of carbonyl (C=O) groups excluding carboxylic acids is 2. The number of carbonyl (C=O) groups is 2. The van der Waals surface area contributed by atoms with Gasteiger partial charge in [0.25, 0.3) is 5.91 Å². The maximum Gasteiger partial charge on any atom is 0.260 e. The van der Waals surface area contributed by atoms with Crippen molar-refractivity contribution in [2.75, 3.05) is 25.0 Å². The molecule has 7 heteroatoms. The van der Waals surface area contributed by atoms with E-state index in [4.69, 9.17) is 10.5 Å². The summed E-state index contributed by atoms with van der Waals surface area (Å²) >= 11 is 0. The van der Waals surface area contributed by atoms with Gasteiger partial charge < -0.3 is 20.7 Å². The molecule has 1 aromatic carbocycles. The molecule has 1 saturated carbocycles. The molecule has 1 aliphatic rings. The van der Waals surface area contributed by atoms with Gasteiger partial charge in [-0.1, -0.05) is 6.07 Å². The Morgan fingerprint density at radius 3 is 2.52 bits per heavy atom. The van der Waals surface area contributed by atoms with Crippen molar-refractivity contribution < 1.29 is 14.3 Å². The second kappa shape index (κ2) is 8.17. The summed E-state index contributed by atoms with van der Waals surface area (Å²) < 4.78 is 5.50. The van der Waals surface area contributed by atoms with Crippen molar-refractivity contribution in [3.05, 3.63) is 24.3 Å². The third-order valence-electron chi connectivity index (χ3n) is 3.81. The smallest absolute Gasteiger partial charge is 0.260 e. The first-order chi connectivity index (χ1) is 10.5. The van der Waals surface area contributed by atoms with Crippen LogP contribution in [0.4, 0.5) is 5.69 Å². The van der Waals surface area contributed by atoms with E-state index in [1.54, 1.807) is 29.2 Å². The summed E-state index contributed by atoms with van der Waals surface area (Å²) in [5.74, 6) is 0.308. The zero-order chi connectivity index (χ0) is 16.2. The van der Waals surface area contributed by atoms with Gasteiger partial charge >= 0.3 is 0 Å². The number of likely N-dealkylation sites (N-methyl/N-ethyl adjacent to an activating group) is 1.